The number of rotatable bonds is 12. The number of imidazole rings is 1. The number of aliphatic hydroxyl groups excluding tert-OH is 1. The van der Waals surface area contributed by atoms with Crippen LogP contribution in [0.1, 0.15) is 69.3 Å². The summed E-state index contributed by atoms with van der Waals surface area (Å²) in [6, 6.07) is 15.9. The fourth-order valence-corrected chi connectivity index (χ4v) is 8.76. The van der Waals surface area contributed by atoms with E-state index in [1.807, 2.05) is 61.8 Å². The number of piperidine rings is 1. The SMILES string of the molecule is CCC[C@@H]1CC(=O)N(Cc2c(F)cc(Cl)cc2Oc2ccc(-c3cnc(CN(C)C)n3C)cc2)[C@@H](C)C(=O)C[C@@H](CO)C(=O)N[C@@]2(Cc3ccc(Cl)cc3)CCCN(C2)C1=O. The van der Waals surface area contributed by atoms with Gasteiger partial charge in [-0.25, -0.2) is 9.37 Å². The molecule has 4 atom stereocenters. The zero-order valence-corrected chi connectivity index (χ0v) is 36.9. The molecule has 12 nitrogen and oxygen atoms in total. The summed E-state index contributed by atoms with van der Waals surface area (Å²) in [4.78, 5) is 66.8. The third kappa shape index (κ3) is 11.0. The fourth-order valence-electron chi connectivity index (χ4n) is 8.44. The third-order valence-electron chi connectivity index (χ3n) is 11.8. The summed E-state index contributed by atoms with van der Waals surface area (Å²) in [7, 11) is 5.89. The van der Waals surface area contributed by atoms with E-state index >= 15 is 4.39 Å². The van der Waals surface area contributed by atoms with Gasteiger partial charge in [0.15, 0.2) is 5.78 Å². The van der Waals surface area contributed by atoms with Crippen molar-refractivity contribution in [3.8, 4) is 22.8 Å². The van der Waals surface area contributed by atoms with Crippen LogP contribution in [0.3, 0.4) is 0 Å². The van der Waals surface area contributed by atoms with Gasteiger partial charge in [0, 0.05) is 60.1 Å². The molecule has 0 aliphatic carbocycles. The molecule has 0 radical (unpaired) electrons. The first-order valence-corrected chi connectivity index (χ1v) is 21.6. The number of aliphatic hydroxyl groups is 1. The largest absolute Gasteiger partial charge is 0.457 e. The lowest BCUT2D eigenvalue weighted by molar-refractivity contribution is -0.148. The summed E-state index contributed by atoms with van der Waals surface area (Å²) in [5, 5.41) is 14.3. The van der Waals surface area contributed by atoms with E-state index in [1.165, 1.54) is 17.9 Å². The molecule has 1 aromatic heterocycles. The lowest BCUT2D eigenvalue weighted by atomic mass is 9.81. The molecule has 2 saturated heterocycles. The van der Waals surface area contributed by atoms with Crippen molar-refractivity contribution < 1.29 is 33.4 Å². The van der Waals surface area contributed by atoms with Crippen LogP contribution in [0.15, 0.2) is 66.9 Å². The van der Waals surface area contributed by atoms with Crippen molar-refractivity contribution in [2.75, 3.05) is 33.8 Å². The molecule has 2 N–H and O–H groups in total. The van der Waals surface area contributed by atoms with Crippen molar-refractivity contribution in [1.29, 1.82) is 0 Å². The highest BCUT2D eigenvalue weighted by molar-refractivity contribution is 6.31. The van der Waals surface area contributed by atoms with Gasteiger partial charge in [-0.3, -0.25) is 19.2 Å². The highest BCUT2D eigenvalue weighted by Gasteiger charge is 2.43. The number of carbonyl (C=O) groups excluding carboxylic acids is 4. The molecule has 2 fully saturated rings. The third-order valence-corrected chi connectivity index (χ3v) is 12.3. The number of amides is 3. The maximum atomic E-state index is 16.1. The van der Waals surface area contributed by atoms with E-state index in [0.29, 0.717) is 56.0 Å². The Labute approximate surface area is 367 Å². The highest BCUT2D eigenvalue weighted by Crippen LogP contribution is 2.35. The van der Waals surface area contributed by atoms with E-state index in [9.17, 15) is 24.3 Å². The van der Waals surface area contributed by atoms with Gasteiger partial charge in [-0.15, -0.1) is 0 Å². The molecular weight excluding hydrogens is 822 g/mol. The maximum Gasteiger partial charge on any atom is 0.226 e. The van der Waals surface area contributed by atoms with Gasteiger partial charge in [0.2, 0.25) is 17.7 Å². The predicted octanol–water partition coefficient (Wildman–Crippen LogP) is 7.21. The molecule has 2 aliphatic heterocycles. The molecular formula is C46H55Cl2FN6O6. The second-order valence-electron chi connectivity index (χ2n) is 16.7. The molecule has 0 saturated carbocycles. The average molecular weight is 878 g/mol. The van der Waals surface area contributed by atoms with Gasteiger partial charge in [0.1, 0.15) is 23.1 Å². The van der Waals surface area contributed by atoms with Gasteiger partial charge >= 0.3 is 0 Å². The summed E-state index contributed by atoms with van der Waals surface area (Å²) in [5.74, 6) is -3.13. The Balaban J connectivity index is 1.31. The monoisotopic (exact) mass is 876 g/mol. The Bertz CT molecular complexity index is 2220. The molecule has 3 heterocycles. The van der Waals surface area contributed by atoms with Crippen LogP contribution in [0.2, 0.25) is 10.0 Å². The standard InChI is InChI=1S/C46H55Cl2FN6O6/c1-6-8-32-20-43(58)55(25-37-38(49)21-35(48)22-41(37)61-36-15-11-31(12-16-36)39-24-50-42(53(39)5)26-52(3)4)29(2)40(57)19-33(27-56)44(59)51-46(17-7-18-54(28-46)45(32)60)23-30-9-13-34(47)14-10-30/h9-16,21-22,24,29,32-33,56H,6-8,17-20,23,25-28H2,1-5H3,(H,51,59)/t29-,32+,33-,46+/m0/s1. The molecule has 15 heteroatoms. The Kier molecular flexibility index (Phi) is 14.9. The fraction of sp³-hybridized carbons (Fsp3) is 0.457. The van der Waals surface area contributed by atoms with Crippen LogP contribution in [-0.2, 0) is 45.7 Å². The van der Waals surface area contributed by atoms with E-state index in [-0.39, 0.29) is 41.6 Å². The number of ether oxygens (including phenoxy) is 1. The summed E-state index contributed by atoms with van der Waals surface area (Å²) >= 11 is 12.5. The minimum Gasteiger partial charge on any atom is -0.457 e. The molecule has 4 aromatic rings. The normalized spacial score (nSPS) is 21.8. The topological polar surface area (TPSA) is 137 Å². The first-order chi connectivity index (χ1) is 29.1. The van der Waals surface area contributed by atoms with Gasteiger partial charge in [0.05, 0.1) is 49.1 Å². The van der Waals surface area contributed by atoms with E-state index in [0.717, 1.165) is 28.7 Å². The van der Waals surface area contributed by atoms with Crippen LogP contribution in [0.4, 0.5) is 4.39 Å². The Morgan fingerprint density at radius 2 is 1.72 bits per heavy atom. The van der Waals surface area contributed by atoms with Gasteiger partial charge in [0.25, 0.3) is 0 Å². The number of hydrogen-bond acceptors (Lipinski definition) is 8. The highest BCUT2D eigenvalue weighted by atomic mass is 35.5. The van der Waals surface area contributed by atoms with E-state index < -0.39 is 60.0 Å². The Morgan fingerprint density at radius 1 is 1.00 bits per heavy atom. The molecule has 2 bridgehead atoms. The molecule has 61 heavy (non-hydrogen) atoms. The maximum absolute atomic E-state index is 16.1. The van der Waals surface area contributed by atoms with Gasteiger partial charge < -0.3 is 34.4 Å². The van der Waals surface area contributed by atoms with Crippen LogP contribution in [0.5, 0.6) is 11.5 Å². The Morgan fingerprint density at radius 3 is 2.39 bits per heavy atom. The number of halogens is 3. The van der Waals surface area contributed by atoms with E-state index in [1.54, 1.807) is 35.4 Å². The number of nitrogens with one attached hydrogen (secondary N) is 1. The van der Waals surface area contributed by atoms with Gasteiger partial charge in [-0.05, 0) is 101 Å². The molecule has 326 valence electrons. The number of Topliss-reactive ketones (excluding diaryl/α,β-unsaturated/α-hetero) is 1. The minimum atomic E-state index is -1.17. The van der Waals surface area contributed by atoms with Crippen LogP contribution < -0.4 is 10.1 Å². The zero-order valence-electron chi connectivity index (χ0n) is 35.4. The molecule has 0 unspecified atom stereocenters. The van der Waals surface area contributed by atoms with Crippen molar-refractivity contribution >= 4 is 46.7 Å². The average Bonchev–Trinajstić information content (AvgIpc) is 3.57. The molecule has 6 rings (SSSR count). The number of nitrogens with zero attached hydrogens (tertiary/aromatic N) is 5. The quantitative estimate of drug-likeness (QED) is 0.153. The number of hydrogen-bond donors (Lipinski definition) is 2. The van der Waals surface area contributed by atoms with E-state index in [4.69, 9.17) is 27.9 Å². The summed E-state index contributed by atoms with van der Waals surface area (Å²) < 4.78 is 24.4. The first-order valence-electron chi connectivity index (χ1n) is 20.8. The van der Waals surface area contributed by atoms with Crippen LogP contribution in [0.25, 0.3) is 11.3 Å². The lowest BCUT2D eigenvalue weighted by Crippen LogP contribution is -2.62. The number of carbonyl (C=O) groups is 4. The Hall–Kier alpha value is -4.82. The van der Waals surface area contributed by atoms with Crippen molar-refractivity contribution in [3.63, 3.8) is 0 Å². The molecule has 3 amide bonds. The molecule has 2 aliphatic rings. The second kappa shape index (κ2) is 19.9. The molecule has 0 spiro atoms. The van der Waals surface area contributed by atoms with Crippen LogP contribution in [-0.4, -0.2) is 98.2 Å². The predicted molar refractivity (Wildman–Crippen MR) is 233 cm³/mol. The van der Waals surface area contributed by atoms with E-state index in [2.05, 4.69) is 10.3 Å². The lowest BCUT2D eigenvalue weighted by Gasteiger charge is -2.45. The molecule has 3 aromatic carbocycles. The first kappa shape index (κ1) is 45.7. The van der Waals surface area contributed by atoms with Crippen molar-refractivity contribution in [2.24, 2.45) is 18.9 Å². The minimum absolute atomic E-state index is 0.0274. The number of fused-ring (bicyclic) bond motifs is 2. The van der Waals surface area contributed by atoms with Gasteiger partial charge in [-0.2, -0.15) is 0 Å². The van der Waals surface area contributed by atoms with Crippen molar-refractivity contribution in [3.05, 3.63) is 99.7 Å². The second-order valence-corrected chi connectivity index (χ2v) is 17.6. The number of benzene rings is 3. The summed E-state index contributed by atoms with van der Waals surface area (Å²) in [6.07, 6.45) is 3.73. The van der Waals surface area contributed by atoms with Crippen molar-refractivity contribution in [1.82, 2.24) is 29.6 Å². The zero-order chi connectivity index (χ0) is 44.0. The number of ketones is 1. The van der Waals surface area contributed by atoms with Crippen LogP contribution >= 0.6 is 23.2 Å². The number of aromatic nitrogens is 2. The smallest absolute Gasteiger partial charge is 0.226 e. The van der Waals surface area contributed by atoms with Crippen molar-refractivity contribution in [2.45, 2.75) is 83.5 Å². The van der Waals surface area contributed by atoms with Crippen LogP contribution in [0, 0.1) is 17.7 Å². The summed E-state index contributed by atoms with van der Waals surface area (Å²) in [6.45, 7) is 3.71. The van der Waals surface area contributed by atoms with Gasteiger partial charge in [-0.1, -0.05) is 48.7 Å². The summed E-state index contributed by atoms with van der Waals surface area (Å²) in [5.41, 5.74) is 1.76.